The standard InChI is InChI=1S/C11H12BrN/c12-9-5-7-11(8-6-9)13-10-3-1-2-4-10/h1,3,5-8,10,13H,2,4H2/t10-/m0/s1. The molecule has 2 rings (SSSR count). The number of nitrogens with one attached hydrogen (secondary N) is 1. The highest BCUT2D eigenvalue weighted by Gasteiger charge is 2.07. The van der Waals surface area contributed by atoms with Gasteiger partial charge in [-0.05, 0) is 37.1 Å². The van der Waals surface area contributed by atoms with Crippen LogP contribution in [0.5, 0.6) is 0 Å². The van der Waals surface area contributed by atoms with Gasteiger partial charge in [-0.2, -0.15) is 0 Å². The number of halogens is 1. The highest BCUT2D eigenvalue weighted by molar-refractivity contribution is 9.10. The van der Waals surface area contributed by atoms with E-state index in [1.807, 2.05) is 0 Å². The van der Waals surface area contributed by atoms with Crippen LogP contribution in [0.2, 0.25) is 0 Å². The molecule has 13 heavy (non-hydrogen) atoms. The Hall–Kier alpha value is -0.760. The fraction of sp³-hybridized carbons (Fsp3) is 0.273. The molecule has 0 aliphatic heterocycles. The molecule has 0 spiro atoms. The zero-order valence-electron chi connectivity index (χ0n) is 7.33. The van der Waals surface area contributed by atoms with Gasteiger partial charge in [0.15, 0.2) is 0 Å². The summed E-state index contributed by atoms with van der Waals surface area (Å²) in [4.78, 5) is 0. The fourth-order valence-corrected chi connectivity index (χ4v) is 1.78. The van der Waals surface area contributed by atoms with E-state index in [9.17, 15) is 0 Å². The van der Waals surface area contributed by atoms with Crippen LogP contribution in [-0.2, 0) is 0 Å². The molecule has 0 saturated carbocycles. The van der Waals surface area contributed by atoms with Crippen LogP contribution in [-0.4, -0.2) is 6.04 Å². The molecular weight excluding hydrogens is 226 g/mol. The van der Waals surface area contributed by atoms with Crippen molar-refractivity contribution in [2.24, 2.45) is 0 Å². The van der Waals surface area contributed by atoms with Gasteiger partial charge in [-0.1, -0.05) is 28.1 Å². The molecule has 0 bridgehead atoms. The number of hydrogen-bond donors (Lipinski definition) is 1. The van der Waals surface area contributed by atoms with E-state index in [1.165, 1.54) is 18.5 Å². The van der Waals surface area contributed by atoms with Gasteiger partial charge >= 0.3 is 0 Å². The fourth-order valence-electron chi connectivity index (χ4n) is 1.51. The SMILES string of the molecule is Brc1ccc(N[C@H]2C=CCC2)cc1. The van der Waals surface area contributed by atoms with Crippen molar-refractivity contribution in [2.45, 2.75) is 18.9 Å². The predicted octanol–water partition coefficient (Wildman–Crippen LogP) is 3.58. The maximum atomic E-state index is 3.46. The molecule has 0 fully saturated rings. The third kappa shape index (κ3) is 2.34. The Morgan fingerprint density at radius 1 is 1.23 bits per heavy atom. The van der Waals surface area contributed by atoms with E-state index < -0.39 is 0 Å². The smallest absolute Gasteiger partial charge is 0.0447 e. The first-order valence-corrected chi connectivity index (χ1v) is 5.33. The molecule has 0 radical (unpaired) electrons. The van der Waals surface area contributed by atoms with E-state index in [2.05, 4.69) is 57.7 Å². The van der Waals surface area contributed by atoms with E-state index in [0.29, 0.717) is 6.04 Å². The molecule has 1 aliphatic rings. The summed E-state index contributed by atoms with van der Waals surface area (Å²) in [6, 6.07) is 8.83. The molecule has 0 heterocycles. The largest absolute Gasteiger partial charge is 0.379 e. The van der Waals surface area contributed by atoms with Crippen molar-refractivity contribution >= 4 is 21.6 Å². The highest BCUT2D eigenvalue weighted by atomic mass is 79.9. The number of hydrogen-bond acceptors (Lipinski definition) is 1. The summed E-state index contributed by atoms with van der Waals surface area (Å²) in [6.07, 6.45) is 6.89. The quantitative estimate of drug-likeness (QED) is 0.776. The first-order chi connectivity index (χ1) is 6.34. The van der Waals surface area contributed by atoms with Crippen LogP contribution in [0, 0.1) is 0 Å². The van der Waals surface area contributed by atoms with Crippen LogP contribution in [0.4, 0.5) is 5.69 Å². The monoisotopic (exact) mass is 237 g/mol. The van der Waals surface area contributed by atoms with E-state index in [-0.39, 0.29) is 0 Å². The zero-order valence-corrected chi connectivity index (χ0v) is 8.92. The molecule has 1 aromatic carbocycles. The van der Waals surface area contributed by atoms with E-state index in [1.54, 1.807) is 0 Å². The Bertz CT molecular complexity index is 302. The van der Waals surface area contributed by atoms with Crippen molar-refractivity contribution < 1.29 is 0 Å². The summed E-state index contributed by atoms with van der Waals surface area (Å²) in [7, 11) is 0. The van der Waals surface area contributed by atoms with Crippen molar-refractivity contribution in [3.05, 3.63) is 40.9 Å². The van der Waals surface area contributed by atoms with Crippen LogP contribution < -0.4 is 5.32 Å². The molecule has 0 saturated heterocycles. The first-order valence-electron chi connectivity index (χ1n) is 4.53. The second-order valence-corrected chi connectivity index (χ2v) is 4.18. The Morgan fingerprint density at radius 3 is 2.62 bits per heavy atom. The average Bonchev–Trinajstić information content (AvgIpc) is 2.62. The maximum absolute atomic E-state index is 3.46. The van der Waals surface area contributed by atoms with Crippen molar-refractivity contribution in [3.8, 4) is 0 Å². The molecule has 1 N–H and O–H groups in total. The van der Waals surface area contributed by atoms with Gasteiger partial charge in [-0.3, -0.25) is 0 Å². The van der Waals surface area contributed by atoms with E-state index in [0.717, 1.165) is 4.47 Å². The van der Waals surface area contributed by atoms with Gasteiger partial charge in [-0.25, -0.2) is 0 Å². The molecule has 0 unspecified atom stereocenters. The summed E-state index contributed by atoms with van der Waals surface area (Å²) in [5.41, 5.74) is 1.19. The lowest BCUT2D eigenvalue weighted by atomic mass is 10.2. The van der Waals surface area contributed by atoms with Crippen LogP contribution in [0.1, 0.15) is 12.8 Å². The lowest BCUT2D eigenvalue weighted by Crippen LogP contribution is -2.12. The number of benzene rings is 1. The van der Waals surface area contributed by atoms with Crippen molar-refractivity contribution in [2.75, 3.05) is 5.32 Å². The molecule has 1 aliphatic carbocycles. The maximum Gasteiger partial charge on any atom is 0.0447 e. The number of allylic oxidation sites excluding steroid dienone is 1. The zero-order chi connectivity index (χ0) is 9.10. The Kier molecular flexibility index (Phi) is 2.69. The molecule has 1 atom stereocenters. The third-order valence-corrected chi connectivity index (χ3v) is 2.74. The second-order valence-electron chi connectivity index (χ2n) is 3.26. The van der Waals surface area contributed by atoms with E-state index >= 15 is 0 Å². The minimum atomic E-state index is 0.529. The highest BCUT2D eigenvalue weighted by Crippen LogP contribution is 2.18. The van der Waals surface area contributed by atoms with Crippen LogP contribution >= 0.6 is 15.9 Å². The topological polar surface area (TPSA) is 12.0 Å². The van der Waals surface area contributed by atoms with Crippen LogP contribution in [0.25, 0.3) is 0 Å². The number of rotatable bonds is 2. The normalized spacial score (nSPS) is 20.5. The third-order valence-electron chi connectivity index (χ3n) is 2.21. The van der Waals surface area contributed by atoms with Gasteiger partial charge < -0.3 is 5.32 Å². The molecule has 0 amide bonds. The second kappa shape index (κ2) is 3.97. The van der Waals surface area contributed by atoms with Crippen LogP contribution in [0.15, 0.2) is 40.9 Å². The minimum Gasteiger partial charge on any atom is -0.379 e. The average molecular weight is 238 g/mol. The van der Waals surface area contributed by atoms with Crippen molar-refractivity contribution in [3.63, 3.8) is 0 Å². The van der Waals surface area contributed by atoms with Gasteiger partial charge in [0, 0.05) is 16.2 Å². The van der Waals surface area contributed by atoms with E-state index in [4.69, 9.17) is 0 Å². The van der Waals surface area contributed by atoms with Crippen LogP contribution in [0.3, 0.4) is 0 Å². The molecule has 1 nitrogen and oxygen atoms in total. The predicted molar refractivity (Wildman–Crippen MR) is 59.9 cm³/mol. The molecule has 1 aromatic rings. The summed E-state index contributed by atoms with van der Waals surface area (Å²) in [5.74, 6) is 0. The van der Waals surface area contributed by atoms with Gasteiger partial charge in [0.2, 0.25) is 0 Å². The molecular formula is C11H12BrN. The van der Waals surface area contributed by atoms with Gasteiger partial charge in [0.1, 0.15) is 0 Å². The van der Waals surface area contributed by atoms with Crippen molar-refractivity contribution in [1.29, 1.82) is 0 Å². The first kappa shape index (κ1) is 8.82. The Balaban J connectivity index is 2.01. The Labute approximate surface area is 87.0 Å². The lowest BCUT2D eigenvalue weighted by Gasteiger charge is -2.11. The van der Waals surface area contributed by atoms with Gasteiger partial charge in [0.05, 0.1) is 0 Å². The summed E-state index contributed by atoms with van der Waals surface area (Å²) >= 11 is 3.42. The number of anilines is 1. The summed E-state index contributed by atoms with van der Waals surface area (Å²) < 4.78 is 1.13. The van der Waals surface area contributed by atoms with Gasteiger partial charge in [-0.15, -0.1) is 0 Å². The Morgan fingerprint density at radius 2 is 2.00 bits per heavy atom. The summed E-state index contributed by atoms with van der Waals surface area (Å²) in [6.45, 7) is 0. The van der Waals surface area contributed by atoms with Gasteiger partial charge in [0.25, 0.3) is 0 Å². The van der Waals surface area contributed by atoms with Crippen molar-refractivity contribution in [1.82, 2.24) is 0 Å². The minimum absolute atomic E-state index is 0.529. The molecule has 0 aromatic heterocycles. The lowest BCUT2D eigenvalue weighted by molar-refractivity contribution is 0.826. The molecule has 2 heteroatoms. The summed E-state index contributed by atoms with van der Waals surface area (Å²) in [5, 5.41) is 3.46. The molecule has 68 valence electrons.